The Hall–Kier alpha value is -4.49. The fourth-order valence-electron chi connectivity index (χ4n) is 6.98. The molecule has 5 aromatic rings. The molecule has 0 saturated carbocycles. The number of aromatic nitrogens is 3. The molecule has 0 spiro atoms. The van der Waals surface area contributed by atoms with Crippen molar-refractivity contribution in [3.8, 4) is 34.3 Å². The number of oxazole rings is 1. The molecule has 7 rings (SSSR count). The first-order chi connectivity index (χ1) is 22.7. The van der Waals surface area contributed by atoms with Crippen molar-refractivity contribution in [3.63, 3.8) is 0 Å². The van der Waals surface area contributed by atoms with Gasteiger partial charge in [0.25, 0.3) is 0 Å². The van der Waals surface area contributed by atoms with E-state index in [2.05, 4.69) is 47.3 Å². The first kappa shape index (κ1) is 31.1. The van der Waals surface area contributed by atoms with Gasteiger partial charge in [-0.3, -0.25) is 14.6 Å². The number of benzene rings is 3. The van der Waals surface area contributed by atoms with E-state index < -0.39 is 0 Å². The normalized spacial score (nSPS) is 16.9. The zero-order valence-electron chi connectivity index (χ0n) is 27.2. The Morgan fingerprint density at radius 1 is 1.15 bits per heavy atom. The van der Waals surface area contributed by atoms with Gasteiger partial charge in [-0.05, 0) is 86.7 Å². The molecule has 1 atom stereocenters. The number of halogens is 1. The van der Waals surface area contributed by atoms with Gasteiger partial charge in [-0.25, -0.2) is 9.67 Å². The number of hydrogen-bond acceptors (Lipinski definition) is 7. The molecule has 0 unspecified atom stereocenters. The Morgan fingerprint density at radius 3 is 2.72 bits per heavy atom. The van der Waals surface area contributed by atoms with E-state index in [4.69, 9.17) is 26.1 Å². The molecule has 3 aromatic carbocycles. The molecule has 240 valence electrons. The van der Waals surface area contributed by atoms with Crippen molar-refractivity contribution in [2.24, 2.45) is 5.92 Å². The highest BCUT2D eigenvalue weighted by atomic mass is 35.5. The van der Waals surface area contributed by atoms with Crippen LogP contribution in [0.15, 0.2) is 59.1 Å². The summed E-state index contributed by atoms with van der Waals surface area (Å²) in [6.45, 7) is 10.5. The Morgan fingerprint density at radius 2 is 1.94 bits per heavy atom. The maximum atomic E-state index is 12.1. The van der Waals surface area contributed by atoms with Crippen LogP contribution in [-0.2, 0) is 24.3 Å². The fourth-order valence-corrected chi connectivity index (χ4v) is 7.30. The summed E-state index contributed by atoms with van der Waals surface area (Å²) in [6.07, 6.45) is 3.91. The first-order valence-corrected chi connectivity index (χ1v) is 16.6. The smallest absolute Gasteiger partial charge is 0.227 e. The first-order valence-electron chi connectivity index (χ1n) is 16.2. The zero-order valence-corrected chi connectivity index (χ0v) is 27.9. The number of nitriles is 1. The summed E-state index contributed by atoms with van der Waals surface area (Å²) in [6, 6.07) is 18.7. The maximum Gasteiger partial charge on any atom is 0.227 e. The number of carbonyl (C=O) groups excluding carboxylic acids is 1. The van der Waals surface area contributed by atoms with Crippen molar-refractivity contribution in [2.45, 2.75) is 52.7 Å². The number of amides is 1. The quantitative estimate of drug-likeness (QED) is 0.215. The van der Waals surface area contributed by atoms with Gasteiger partial charge in [-0.2, -0.15) is 10.4 Å². The lowest BCUT2D eigenvalue weighted by atomic mass is 9.96. The van der Waals surface area contributed by atoms with Crippen LogP contribution in [0.1, 0.15) is 48.2 Å². The largest absolute Gasteiger partial charge is 0.435 e. The van der Waals surface area contributed by atoms with E-state index in [0.29, 0.717) is 46.7 Å². The van der Waals surface area contributed by atoms with Gasteiger partial charge in [0.15, 0.2) is 5.58 Å². The minimum atomic E-state index is -0.0113. The van der Waals surface area contributed by atoms with E-state index in [1.54, 1.807) is 7.05 Å². The average Bonchev–Trinajstić information content (AvgIpc) is 3.82. The highest BCUT2D eigenvalue weighted by Gasteiger charge is 2.28. The number of nitrogens with zero attached hydrogens (tertiary/aromatic N) is 6. The monoisotopic (exact) mass is 647 g/mol. The molecule has 2 aliphatic rings. The van der Waals surface area contributed by atoms with Gasteiger partial charge in [0.1, 0.15) is 11.6 Å². The molecule has 1 amide bonds. The lowest BCUT2D eigenvalue weighted by Gasteiger charge is -2.29. The van der Waals surface area contributed by atoms with Crippen LogP contribution in [0.4, 0.5) is 0 Å². The SMILES string of the molecule is CNC(=O)[C@@H]1CCN(Cc2cc(C#N)c3oc(-c4cccc(-c5cccc(-n6cc7c(n6)CN(C(C)C)CC7)c5Cl)c4C)nc3c2)C1. The van der Waals surface area contributed by atoms with Gasteiger partial charge >= 0.3 is 0 Å². The molecule has 9 nitrogen and oxygen atoms in total. The number of carbonyl (C=O) groups is 1. The van der Waals surface area contributed by atoms with Crippen LogP contribution >= 0.6 is 11.6 Å². The highest BCUT2D eigenvalue weighted by Crippen LogP contribution is 2.39. The van der Waals surface area contributed by atoms with Crippen molar-refractivity contribution in [2.75, 3.05) is 26.7 Å². The van der Waals surface area contributed by atoms with E-state index in [1.165, 1.54) is 5.56 Å². The summed E-state index contributed by atoms with van der Waals surface area (Å²) >= 11 is 7.14. The van der Waals surface area contributed by atoms with Crippen LogP contribution in [-0.4, -0.2) is 63.2 Å². The molecule has 47 heavy (non-hydrogen) atoms. The second kappa shape index (κ2) is 12.6. The van der Waals surface area contributed by atoms with Crippen molar-refractivity contribution in [1.29, 1.82) is 5.26 Å². The van der Waals surface area contributed by atoms with Crippen LogP contribution < -0.4 is 5.32 Å². The second-order valence-electron chi connectivity index (χ2n) is 12.9. The van der Waals surface area contributed by atoms with Crippen molar-refractivity contribution in [1.82, 2.24) is 29.9 Å². The third kappa shape index (κ3) is 5.82. The Kier molecular flexibility index (Phi) is 8.35. The van der Waals surface area contributed by atoms with Crippen LogP contribution in [0.3, 0.4) is 0 Å². The summed E-state index contributed by atoms with van der Waals surface area (Å²) in [5.74, 6) is 0.518. The molecule has 1 saturated heterocycles. The minimum absolute atomic E-state index is 0.0113. The van der Waals surface area contributed by atoms with Gasteiger partial charge in [-0.1, -0.05) is 35.9 Å². The summed E-state index contributed by atoms with van der Waals surface area (Å²) < 4.78 is 8.20. The summed E-state index contributed by atoms with van der Waals surface area (Å²) in [4.78, 5) is 21.7. The van der Waals surface area contributed by atoms with E-state index in [-0.39, 0.29) is 11.8 Å². The predicted molar refractivity (Wildman–Crippen MR) is 183 cm³/mol. The lowest BCUT2D eigenvalue weighted by Crippen LogP contribution is -2.35. The Bertz CT molecular complexity index is 2040. The number of hydrogen-bond donors (Lipinski definition) is 1. The van der Waals surface area contributed by atoms with Crippen LogP contribution in [0, 0.1) is 24.2 Å². The molecule has 2 aliphatic heterocycles. The van der Waals surface area contributed by atoms with Crippen molar-refractivity contribution < 1.29 is 9.21 Å². The van der Waals surface area contributed by atoms with Gasteiger partial charge in [0.2, 0.25) is 11.8 Å². The molecule has 0 bridgehead atoms. The van der Waals surface area contributed by atoms with Crippen molar-refractivity contribution >= 4 is 28.6 Å². The highest BCUT2D eigenvalue weighted by molar-refractivity contribution is 6.35. The van der Waals surface area contributed by atoms with Gasteiger partial charge in [-0.15, -0.1) is 0 Å². The molecule has 0 aliphatic carbocycles. The lowest BCUT2D eigenvalue weighted by molar-refractivity contribution is -0.124. The Balaban J connectivity index is 1.19. The topological polar surface area (TPSA) is 103 Å². The molecule has 10 heteroatoms. The number of fused-ring (bicyclic) bond motifs is 2. The number of rotatable bonds is 7. The van der Waals surface area contributed by atoms with E-state index >= 15 is 0 Å². The summed E-state index contributed by atoms with van der Waals surface area (Å²) in [7, 11) is 1.68. The molecule has 1 fully saturated rings. The molecule has 2 aromatic heterocycles. The second-order valence-corrected chi connectivity index (χ2v) is 13.3. The standard InChI is InChI=1S/C37H38ClN7O2/c1-22(2)44-14-12-25-20-45(42-32(25)21-44)33-10-6-9-30(34(33)38)28-7-5-8-29(23(28)3)37-41-31-16-24(15-27(17-39)35(31)47-37)18-43-13-11-26(19-43)36(46)40-4/h5-10,15-16,20,22,26H,11-14,18-19,21H2,1-4H3,(H,40,46)/t26-/m1/s1. The molecular weight excluding hydrogens is 610 g/mol. The summed E-state index contributed by atoms with van der Waals surface area (Å²) in [5.41, 5.74) is 9.42. The predicted octanol–water partition coefficient (Wildman–Crippen LogP) is 6.52. The molecule has 0 radical (unpaired) electrons. The Labute approximate surface area is 279 Å². The van der Waals surface area contributed by atoms with Gasteiger partial charge < -0.3 is 9.73 Å². The fraction of sp³-hybridized carbons (Fsp3) is 0.351. The van der Waals surface area contributed by atoms with Gasteiger partial charge in [0, 0.05) is 56.6 Å². The number of nitrogens with one attached hydrogen (secondary N) is 1. The van der Waals surface area contributed by atoms with E-state index in [1.807, 2.05) is 54.1 Å². The maximum absolute atomic E-state index is 12.1. The average molecular weight is 648 g/mol. The number of likely N-dealkylation sites (tertiary alicyclic amines) is 1. The molecule has 1 N–H and O–H groups in total. The van der Waals surface area contributed by atoms with Crippen LogP contribution in [0.2, 0.25) is 5.02 Å². The van der Waals surface area contributed by atoms with Crippen LogP contribution in [0.5, 0.6) is 0 Å². The third-order valence-corrected chi connectivity index (χ3v) is 10.1. The van der Waals surface area contributed by atoms with Crippen LogP contribution in [0.25, 0.3) is 39.4 Å². The summed E-state index contributed by atoms with van der Waals surface area (Å²) in [5, 5.41) is 18.3. The molecular formula is C37H38ClN7O2. The van der Waals surface area contributed by atoms with Crippen molar-refractivity contribution in [3.05, 3.63) is 87.7 Å². The third-order valence-electron chi connectivity index (χ3n) is 9.67. The van der Waals surface area contributed by atoms with E-state index in [9.17, 15) is 10.1 Å². The minimum Gasteiger partial charge on any atom is -0.435 e. The zero-order chi connectivity index (χ0) is 32.8. The molecule has 4 heterocycles. The van der Waals surface area contributed by atoms with E-state index in [0.717, 1.165) is 71.7 Å². The van der Waals surface area contributed by atoms with Gasteiger partial charge in [0.05, 0.1) is 27.9 Å².